The summed E-state index contributed by atoms with van der Waals surface area (Å²) in [5.74, 6) is -0.381. The van der Waals surface area contributed by atoms with Crippen LogP contribution in [0.25, 0.3) is 0 Å². The summed E-state index contributed by atoms with van der Waals surface area (Å²) in [6, 6.07) is 3.67. The van der Waals surface area contributed by atoms with Crippen LogP contribution in [-0.4, -0.2) is 63.7 Å². The van der Waals surface area contributed by atoms with E-state index in [-0.39, 0.29) is 0 Å². The number of aliphatic hydroxyl groups is 1. The quantitative estimate of drug-likeness (QED) is 0.798. The Balaban J connectivity index is 1.81. The van der Waals surface area contributed by atoms with Gasteiger partial charge in [0.15, 0.2) is 11.8 Å². The molecule has 2 heterocycles. The molecule has 2 N–H and O–H groups in total. The van der Waals surface area contributed by atoms with Gasteiger partial charge in [-0.2, -0.15) is 0 Å². The topological polar surface area (TPSA) is 92.1 Å². The van der Waals surface area contributed by atoms with Crippen molar-refractivity contribution in [1.82, 2.24) is 9.88 Å². The molecule has 26 heavy (non-hydrogen) atoms. The minimum absolute atomic E-state index is 0.319. The molecule has 1 saturated carbocycles. The van der Waals surface area contributed by atoms with E-state index in [2.05, 4.69) is 9.88 Å². The van der Waals surface area contributed by atoms with Gasteiger partial charge in [-0.15, -0.1) is 0 Å². The Kier molecular flexibility index (Phi) is 5.79. The molecule has 1 aromatic rings. The van der Waals surface area contributed by atoms with Crippen molar-refractivity contribution in [3.63, 3.8) is 0 Å². The van der Waals surface area contributed by atoms with Crippen LogP contribution in [0.15, 0.2) is 24.5 Å². The van der Waals surface area contributed by atoms with E-state index in [1.165, 1.54) is 13.5 Å². The lowest BCUT2D eigenvalue weighted by atomic mass is 9.75. The number of hydrogen-bond donors (Lipinski definition) is 2. The van der Waals surface area contributed by atoms with Crippen LogP contribution in [0.1, 0.15) is 44.9 Å². The van der Waals surface area contributed by atoms with Crippen LogP contribution in [0.5, 0.6) is 5.75 Å². The molecule has 3 rings (SSSR count). The molecule has 1 aromatic heterocycles. The summed E-state index contributed by atoms with van der Waals surface area (Å²) in [5, 5.41) is 20.3. The highest BCUT2D eigenvalue weighted by molar-refractivity contribution is 5.74. The maximum atomic E-state index is 11.5. The van der Waals surface area contributed by atoms with Gasteiger partial charge >= 0.3 is 5.97 Å². The molecule has 0 bridgehead atoms. The number of aliphatic carboxylic acids is 1. The second kappa shape index (κ2) is 7.90. The molecule has 2 fully saturated rings. The van der Waals surface area contributed by atoms with Crippen LogP contribution in [0.3, 0.4) is 0 Å². The van der Waals surface area contributed by atoms with Gasteiger partial charge in [-0.1, -0.05) is 6.42 Å². The van der Waals surface area contributed by atoms with Crippen LogP contribution < -0.4 is 4.74 Å². The smallest absolute Gasteiger partial charge is 0.335 e. The van der Waals surface area contributed by atoms with E-state index in [9.17, 15) is 15.0 Å². The number of hydrogen-bond acceptors (Lipinski definition) is 6. The van der Waals surface area contributed by atoms with E-state index >= 15 is 0 Å². The van der Waals surface area contributed by atoms with Crippen molar-refractivity contribution in [2.24, 2.45) is 0 Å². The number of rotatable bonds is 6. The van der Waals surface area contributed by atoms with E-state index in [1.54, 1.807) is 12.4 Å². The second-order valence-corrected chi connectivity index (χ2v) is 7.34. The Bertz CT molecular complexity index is 595. The molecular formula is C19H28N2O5. The lowest BCUT2D eigenvalue weighted by Gasteiger charge is -2.51. The van der Waals surface area contributed by atoms with E-state index in [1.807, 2.05) is 12.1 Å². The van der Waals surface area contributed by atoms with E-state index in [0.29, 0.717) is 25.7 Å². The van der Waals surface area contributed by atoms with Crippen molar-refractivity contribution >= 4 is 5.97 Å². The highest BCUT2D eigenvalue weighted by Gasteiger charge is 2.52. The minimum atomic E-state index is -1.37. The van der Waals surface area contributed by atoms with Gasteiger partial charge in [0.1, 0.15) is 11.4 Å². The summed E-state index contributed by atoms with van der Waals surface area (Å²) < 4.78 is 11.5. The molecule has 1 aliphatic heterocycles. The zero-order valence-corrected chi connectivity index (χ0v) is 15.3. The summed E-state index contributed by atoms with van der Waals surface area (Å²) in [5.41, 5.74) is -1.90. The zero-order chi connectivity index (χ0) is 18.6. The lowest BCUT2D eigenvalue weighted by Crippen LogP contribution is -2.61. The number of ether oxygens (including phenoxy) is 2. The lowest BCUT2D eigenvalue weighted by molar-refractivity contribution is -0.195. The number of likely N-dealkylation sites (tertiary alicyclic amines) is 1. The fourth-order valence-electron chi connectivity index (χ4n) is 4.30. The molecule has 1 aliphatic carbocycles. The van der Waals surface area contributed by atoms with Gasteiger partial charge < -0.3 is 19.7 Å². The first-order chi connectivity index (χ1) is 12.5. The summed E-state index contributed by atoms with van der Waals surface area (Å²) in [6.07, 6.45) is 7.40. The van der Waals surface area contributed by atoms with Crippen molar-refractivity contribution in [1.29, 1.82) is 0 Å². The van der Waals surface area contributed by atoms with E-state index in [4.69, 9.17) is 9.47 Å². The van der Waals surface area contributed by atoms with Gasteiger partial charge in [-0.25, -0.2) is 4.79 Å². The van der Waals surface area contributed by atoms with Crippen molar-refractivity contribution < 1.29 is 24.5 Å². The van der Waals surface area contributed by atoms with Crippen molar-refractivity contribution in [3.8, 4) is 5.75 Å². The average Bonchev–Trinajstić information content (AvgIpc) is 2.66. The molecule has 7 heteroatoms. The Labute approximate surface area is 153 Å². The number of nitrogens with zero attached hydrogens (tertiary/aromatic N) is 2. The van der Waals surface area contributed by atoms with Crippen LogP contribution in [0, 0.1) is 0 Å². The number of aromatic nitrogens is 1. The maximum absolute atomic E-state index is 11.5. The summed E-state index contributed by atoms with van der Waals surface area (Å²) in [4.78, 5) is 17.9. The number of carboxylic acids is 1. The van der Waals surface area contributed by atoms with Crippen molar-refractivity contribution in [3.05, 3.63) is 24.5 Å². The number of piperidine rings is 1. The van der Waals surface area contributed by atoms with Crippen LogP contribution >= 0.6 is 0 Å². The third-order valence-corrected chi connectivity index (χ3v) is 5.74. The fraction of sp³-hybridized carbons (Fsp3) is 0.684. The normalized spacial score (nSPS) is 31.3. The van der Waals surface area contributed by atoms with Gasteiger partial charge in [-0.3, -0.25) is 9.88 Å². The van der Waals surface area contributed by atoms with E-state index < -0.39 is 23.4 Å². The third kappa shape index (κ3) is 3.84. The molecule has 0 amide bonds. The second-order valence-electron chi connectivity index (χ2n) is 7.34. The highest BCUT2D eigenvalue weighted by atomic mass is 16.5. The van der Waals surface area contributed by atoms with Gasteiger partial charge in [-0.05, 0) is 37.8 Å². The Morgan fingerprint density at radius 2 is 1.77 bits per heavy atom. The third-order valence-electron chi connectivity index (χ3n) is 5.74. The first-order valence-electron chi connectivity index (χ1n) is 9.31. The molecule has 0 spiro atoms. The predicted molar refractivity (Wildman–Crippen MR) is 94.9 cm³/mol. The van der Waals surface area contributed by atoms with Crippen LogP contribution in [-0.2, 0) is 9.53 Å². The average molecular weight is 364 g/mol. The van der Waals surface area contributed by atoms with Crippen LogP contribution in [0.4, 0.5) is 0 Å². The molecule has 7 nitrogen and oxygen atoms in total. The number of methoxy groups -OCH3 is 1. The zero-order valence-electron chi connectivity index (χ0n) is 15.3. The van der Waals surface area contributed by atoms with E-state index in [0.717, 1.165) is 31.7 Å². The van der Waals surface area contributed by atoms with Gasteiger partial charge in [0, 0.05) is 45.4 Å². The molecule has 1 atom stereocenters. The summed E-state index contributed by atoms with van der Waals surface area (Å²) in [6.45, 7) is 1.91. The Morgan fingerprint density at radius 3 is 2.31 bits per heavy atom. The predicted octanol–water partition coefficient (Wildman–Crippen LogP) is 2.05. The van der Waals surface area contributed by atoms with Crippen molar-refractivity contribution in [2.45, 2.75) is 62.4 Å². The highest BCUT2D eigenvalue weighted by Crippen LogP contribution is 2.43. The van der Waals surface area contributed by atoms with Crippen molar-refractivity contribution in [2.75, 3.05) is 20.2 Å². The molecule has 1 unspecified atom stereocenters. The van der Waals surface area contributed by atoms with Gasteiger partial charge in [0.25, 0.3) is 0 Å². The Hall–Kier alpha value is -1.70. The molecular weight excluding hydrogens is 336 g/mol. The standard InChI is InChI=1S/C19H28N2O5/c1-25-16(17(22)23)18(24)7-9-19(10-8-18,21-13-3-2-4-14-21)26-15-5-11-20-12-6-15/h5-6,11-12,16,24H,2-4,7-10,13-14H2,1H3,(H,22,23). The van der Waals surface area contributed by atoms with Gasteiger partial charge in [0.05, 0.1) is 0 Å². The number of carboxylic acid groups (broad SMARTS) is 1. The molecule has 144 valence electrons. The summed E-state index contributed by atoms with van der Waals surface area (Å²) >= 11 is 0. The number of pyridine rings is 1. The first-order valence-corrected chi connectivity index (χ1v) is 9.31. The Morgan fingerprint density at radius 1 is 1.15 bits per heavy atom. The fourth-order valence-corrected chi connectivity index (χ4v) is 4.30. The molecule has 1 saturated heterocycles. The maximum Gasteiger partial charge on any atom is 0.335 e. The van der Waals surface area contributed by atoms with Gasteiger partial charge in [0.2, 0.25) is 0 Å². The van der Waals surface area contributed by atoms with Crippen LogP contribution in [0.2, 0.25) is 0 Å². The number of carbonyl (C=O) groups is 1. The molecule has 2 aliphatic rings. The summed E-state index contributed by atoms with van der Waals surface area (Å²) in [7, 11) is 1.33. The monoisotopic (exact) mass is 364 g/mol. The SMILES string of the molecule is COC(C(=O)O)C1(O)CCC(Oc2ccncc2)(N2CCCCC2)CC1. The molecule has 0 radical (unpaired) electrons. The first kappa shape index (κ1) is 19.1. The molecule has 0 aromatic carbocycles. The largest absolute Gasteiger partial charge is 0.479 e. The minimum Gasteiger partial charge on any atom is -0.479 e.